The molecule has 3 N–H and O–H groups in total. The second kappa shape index (κ2) is 9.12. The fraction of sp³-hybridized carbons (Fsp3) is 0.900. The molecule has 0 spiro atoms. The molecule has 0 heterocycles. The quantitative estimate of drug-likeness (QED) is 0.518. The van der Waals surface area contributed by atoms with Crippen molar-refractivity contribution in [3.63, 3.8) is 0 Å². The van der Waals surface area contributed by atoms with Crippen LogP contribution in [0, 0.1) is 0 Å². The van der Waals surface area contributed by atoms with Gasteiger partial charge in [-0.3, -0.25) is 4.79 Å². The van der Waals surface area contributed by atoms with Crippen LogP contribution in [0.5, 0.6) is 0 Å². The topological polar surface area (TPSA) is 70.6 Å². The van der Waals surface area contributed by atoms with Crippen LogP contribution in [0.2, 0.25) is 0 Å². The normalized spacial score (nSPS) is 13.4. The molecule has 0 bridgehead atoms. The molecular formula is C10H19F3N2O3. The highest BCUT2D eigenvalue weighted by Gasteiger charge is 2.28. The van der Waals surface area contributed by atoms with Crippen LogP contribution < -0.4 is 10.6 Å². The van der Waals surface area contributed by atoms with E-state index in [1.807, 2.05) is 0 Å². The number of aliphatic hydroxyl groups excluding tert-OH is 1. The number of halogens is 3. The lowest BCUT2D eigenvalue weighted by Gasteiger charge is -2.15. The maximum absolute atomic E-state index is 11.8. The highest BCUT2D eigenvalue weighted by Crippen LogP contribution is 2.12. The Bertz CT molecular complexity index is 237. The Morgan fingerprint density at radius 1 is 1.39 bits per heavy atom. The Morgan fingerprint density at radius 3 is 2.61 bits per heavy atom. The average Bonchev–Trinajstić information content (AvgIpc) is 2.29. The van der Waals surface area contributed by atoms with Crippen LogP contribution in [0.3, 0.4) is 0 Å². The van der Waals surface area contributed by atoms with Crippen LogP contribution in [0.15, 0.2) is 0 Å². The zero-order valence-electron chi connectivity index (χ0n) is 10.2. The molecule has 1 unspecified atom stereocenters. The number of nitrogens with one attached hydrogen (secondary N) is 2. The van der Waals surface area contributed by atoms with Crippen molar-refractivity contribution in [2.45, 2.75) is 25.6 Å². The third-order valence-corrected chi connectivity index (χ3v) is 2.01. The van der Waals surface area contributed by atoms with E-state index in [2.05, 4.69) is 5.32 Å². The fourth-order valence-electron chi connectivity index (χ4n) is 1.09. The van der Waals surface area contributed by atoms with E-state index in [0.29, 0.717) is 19.6 Å². The van der Waals surface area contributed by atoms with E-state index in [1.54, 1.807) is 5.32 Å². The van der Waals surface area contributed by atoms with E-state index in [4.69, 9.17) is 9.84 Å². The van der Waals surface area contributed by atoms with Gasteiger partial charge in [0.1, 0.15) is 6.54 Å². The molecule has 5 nitrogen and oxygen atoms in total. The summed E-state index contributed by atoms with van der Waals surface area (Å²) in [6.45, 7) is 1.24. The fourth-order valence-corrected chi connectivity index (χ4v) is 1.09. The molecule has 0 aromatic carbocycles. The summed E-state index contributed by atoms with van der Waals surface area (Å²) in [7, 11) is 0. The van der Waals surface area contributed by atoms with Crippen LogP contribution in [-0.4, -0.2) is 56.1 Å². The lowest BCUT2D eigenvalue weighted by Crippen LogP contribution is -2.45. The van der Waals surface area contributed by atoms with Gasteiger partial charge >= 0.3 is 6.18 Å². The minimum atomic E-state index is -4.40. The minimum Gasteiger partial charge on any atom is -0.394 e. The van der Waals surface area contributed by atoms with E-state index >= 15 is 0 Å². The first-order valence-corrected chi connectivity index (χ1v) is 5.63. The van der Waals surface area contributed by atoms with Crippen molar-refractivity contribution in [3.8, 4) is 0 Å². The van der Waals surface area contributed by atoms with Gasteiger partial charge in [0.15, 0.2) is 0 Å². The number of ether oxygens (including phenoxy) is 1. The molecule has 0 aliphatic heterocycles. The maximum Gasteiger partial charge on any atom is 0.405 e. The molecular weight excluding hydrogens is 253 g/mol. The number of hydrogen-bond donors (Lipinski definition) is 3. The monoisotopic (exact) mass is 272 g/mol. The summed E-state index contributed by atoms with van der Waals surface area (Å²) < 4.78 is 40.5. The second-order valence-electron chi connectivity index (χ2n) is 3.70. The van der Waals surface area contributed by atoms with Gasteiger partial charge in [-0.1, -0.05) is 0 Å². The van der Waals surface area contributed by atoms with Crippen molar-refractivity contribution in [2.75, 3.05) is 32.9 Å². The van der Waals surface area contributed by atoms with Crippen LogP contribution >= 0.6 is 0 Å². The van der Waals surface area contributed by atoms with Gasteiger partial charge in [-0.25, -0.2) is 0 Å². The lowest BCUT2D eigenvalue weighted by atomic mass is 10.3. The van der Waals surface area contributed by atoms with Crippen molar-refractivity contribution in [1.82, 2.24) is 10.6 Å². The summed E-state index contributed by atoms with van der Waals surface area (Å²) in [6, 6.07) is -0.690. The zero-order chi connectivity index (χ0) is 14.0. The van der Waals surface area contributed by atoms with Crippen LogP contribution in [0.4, 0.5) is 13.2 Å². The Morgan fingerprint density at radius 2 is 2.06 bits per heavy atom. The van der Waals surface area contributed by atoms with Gasteiger partial charge in [-0.05, 0) is 19.9 Å². The first-order valence-electron chi connectivity index (χ1n) is 5.63. The standard InChI is InChI=1S/C10H19F3N2O3/c1-8(9(17)15-7-10(11,12)13)14-3-2-5-18-6-4-16/h8,14,16H,2-7H2,1H3,(H,15,17). The van der Waals surface area contributed by atoms with E-state index in [-0.39, 0.29) is 13.2 Å². The molecule has 0 radical (unpaired) electrons. The number of rotatable bonds is 9. The SMILES string of the molecule is CC(NCCCOCCO)C(=O)NCC(F)(F)F. The Kier molecular flexibility index (Phi) is 8.69. The summed E-state index contributed by atoms with van der Waals surface area (Å²) in [5, 5.41) is 13.0. The third-order valence-electron chi connectivity index (χ3n) is 2.01. The number of carbonyl (C=O) groups is 1. The molecule has 0 rings (SSSR count). The number of aliphatic hydroxyl groups is 1. The molecule has 1 amide bonds. The number of carbonyl (C=O) groups excluding carboxylic acids is 1. The van der Waals surface area contributed by atoms with Gasteiger partial charge < -0.3 is 20.5 Å². The molecule has 0 aliphatic rings. The number of alkyl halides is 3. The Hall–Kier alpha value is -0.860. The Balaban J connectivity index is 3.56. The molecule has 0 aromatic heterocycles. The molecule has 0 aromatic rings. The van der Waals surface area contributed by atoms with E-state index < -0.39 is 24.7 Å². The molecule has 0 aliphatic carbocycles. The van der Waals surface area contributed by atoms with E-state index in [9.17, 15) is 18.0 Å². The summed E-state index contributed by atoms with van der Waals surface area (Å²) in [4.78, 5) is 11.2. The highest BCUT2D eigenvalue weighted by atomic mass is 19.4. The largest absolute Gasteiger partial charge is 0.405 e. The molecule has 0 fully saturated rings. The maximum atomic E-state index is 11.8. The van der Waals surface area contributed by atoms with Gasteiger partial charge in [0.25, 0.3) is 0 Å². The van der Waals surface area contributed by atoms with Crippen molar-refractivity contribution in [1.29, 1.82) is 0 Å². The molecule has 8 heteroatoms. The van der Waals surface area contributed by atoms with Gasteiger partial charge in [-0.15, -0.1) is 0 Å². The summed E-state index contributed by atoms with van der Waals surface area (Å²) in [6.07, 6.45) is -3.79. The van der Waals surface area contributed by atoms with Crippen LogP contribution in [0.1, 0.15) is 13.3 Å². The molecule has 0 saturated carbocycles. The molecule has 108 valence electrons. The van der Waals surface area contributed by atoms with Gasteiger partial charge in [0, 0.05) is 6.61 Å². The Labute approximate surface area is 104 Å². The number of amides is 1. The molecule has 18 heavy (non-hydrogen) atoms. The third kappa shape index (κ3) is 10.3. The summed E-state index contributed by atoms with van der Waals surface area (Å²) >= 11 is 0. The predicted octanol–water partition coefficient (Wildman–Crippen LogP) is 0.0420. The number of hydrogen-bond acceptors (Lipinski definition) is 4. The molecule has 0 saturated heterocycles. The van der Waals surface area contributed by atoms with Crippen molar-refractivity contribution >= 4 is 5.91 Å². The van der Waals surface area contributed by atoms with Gasteiger partial charge in [-0.2, -0.15) is 13.2 Å². The van der Waals surface area contributed by atoms with Crippen LogP contribution in [-0.2, 0) is 9.53 Å². The lowest BCUT2D eigenvalue weighted by molar-refractivity contribution is -0.139. The van der Waals surface area contributed by atoms with Crippen molar-refractivity contribution < 1.29 is 27.8 Å². The van der Waals surface area contributed by atoms with E-state index in [0.717, 1.165) is 0 Å². The zero-order valence-corrected chi connectivity index (χ0v) is 10.2. The van der Waals surface area contributed by atoms with Crippen molar-refractivity contribution in [3.05, 3.63) is 0 Å². The molecule has 1 atom stereocenters. The van der Waals surface area contributed by atoms with Gasteiger partial charge in [0.05, 0.1) is 19.3 Å². The minimum absolute atomic E-state index is 0.0519. The van der Waals surface area contributed by atoms with Crippen molar-refractivity contribution in [2.24, 2.45) is 0 Å². The first-order chi connectivity index (χ1) is 8.37. The first kappa shape index (κ1) is 17.1. The summed E-state index contributed by atoms with van der Waals surface area (Å²) in [5.74, 6) is -0.691. The van der Waals surface area contributed by atoms with Gasteiger partial charge in [0.2, 0.25) is 5.91 Å². The second-order valence-corrected chi connectivity index (χ2v) is 3.70. The highest BCUT2D eigenvalue weighted by molar-refractivity contribution is 5.81. The predicted molar refractivity (Wildman–Crippen MR) is 59.1 cm³/mol. The average molecular weight is 272 g/mol. The van der Waals surface area contributed by atoms with Crippen LogP contribution in [0.25, 0.3) is 0 Å². The van der Waals surface area contributed by atoms with E-state index in [1.165, 1.54) is 6.92 Å². The summed E-state index contributed by atoms with van der Waals surface area (Å²) in [5.41, 5.74) is 0. The smallest absolute Gasteiger partial charge is 0.394 e.